The molecule has 1 aliphatic carbocycles. The molecule has 82 valence electrons. The van der Waals surface area contributed by atoms with Gasteiger partial charge in [0, 0.05) is 19.1 Å². The second kappa shape index (κ2) is 4.17. The van der Waals surface area contributed by atoms with Crippen LogP contribution in [0, 0.1) is 0 Å². The van der Waals surface area contributed by atoms with Gasteiger partial charge in [-0.1, -0.05) is 19.3 Å². The third kappa shape index (κ3) is 2.47. The predicted octanol–water partition coefficient (Wildman–Crippen LogP) is 0.715. The van der Waals surface area contributed by atoms with E-state index in [4.69, 9.17) is 5.73 Å². The molecular weight excluding hydrogens is 176 g/mol. The normalized spacial score (nSPS) is 33.4. The fourth-order valence-corrected chi connectivity index (χ4v) is 2.79. The summed E-state index contributed by atoms with van der Waals surface area (Å²) in [5.41, 5.74) is 5.45. The Labute approximate surface area is 86.3 Å². The van der Waals surface area contributed by atoms with E-state index >= 15 is 0 Å². The lowest BCUT2D eigenvalue weighted by Crippen LogP contribution is -2.44. The summed E-state index contributed by atoms with van der Waals surface area (Å²) in [6, 6.07) is 0.335. The fraction of sp³-hybridized carbons (Fsp3) is 1.00. The van der Waals surface area contributed by atoms with E-state index in [9.17, 15) is 5.11 Å². The summed E-state index contributed by atoms with van der Waals surface area (Å²) in [5, 5.41) is 10.3. The number of β-amino-alcohol motifs (C(OH)–C–C–N with tert-alkyl or cyclic N) is 1. The summed E-state index contributed by atoms with van der Waals surface area (Å²) in [5.74, 6) is 0. The Morgan fingerprint density at radius 1 is 1.29 bits per heavy atom. The lowest BCUT2D eigenvalue weighted by molar-refractivity contribution is -0.0215. The topological polar surface area (TPSA) is 49.5 Å². The van der Waals surface area contributed by atoms with Crippen LogP contribution in [0.4, 0.5) is 0 Å². The van der Waals surface area contributed by atoms with Crippen molar-refractivity contribution in [2.75, 3.05) is 19.6 Å². The molecule has 0 spiro atoms. The highest BCUT2D eigenvalue weighted by Gasteiger charge is 2.33. The molecule has 2 fully saturated rings. The van der Waals surface area contributed by atoms with Crippen LogP contribution in [0.2, 0.25) is 0 Å². The molecule has 2 aliphatic rings. The van der Waals surface area contributed by atoms with Crippen LogP contribution in [0.5, 0.6) is 0 Å². The van der Waals surface area contributed by atoms with Gasteiger partial charge in [0.2, 0.25) is 0 Å². The summed E-state index contributed by atoms with van der Waals surface area (Å²) >= 11 is 0. The Morgan fingerprint density at radius 2 is 2.00 bits per heavy atom. The fourth-order valence-electron chi connectivity index (χ4n) is 2.79. The van der Waals surface area contributed by atoms with Crippen LogP contribution in [-0.2, 0) is 0 Å². The standard InChI is InChI=1S/C11H22N2O/c12-10-4-7-13(8-10)9-11(14)5-2-1-3-6-11/h10,14H,1-9,12H2. The first-order valence-corrected chi connectivity index (χ1v) is 5.88. The molecule has 0 amide bonds. The summed E-state index contributed by atoms with van der Waals surface area (Å²) in [6.45, 7) is 2.90. The van der Waals surface area contributed by atoms with Gasteiger partial charge in [0.25, 0.3) is 0 Å². The van der Waals surface area contributed by atoms with Gasteiger partial charge in [0.1, 0.15) is 0 Å². The van der Waals surface area contributed by atoms with E-state index in [1.807, 2.05) is 0 Å². The maximum atomic E-state index is 10.3. The van der Waals surface area contributed by atoms with E-state index in [0.29, 0.717) is 6.04 Å². The maximum absolute atomic E-state index is 10.3. The minimum absolute atomic E-state index is 0.335. The van der Waals surface area contributed by atoms with Gasteiger partial charge in [0.05, 0.1) is 5.60 Å². The van der Waals surface area contributed by atoms with Crippen molar-refractivity contribution >= 4 is 0 Å². The second-order valence-corrected chi connectivity index (χ2v) is 5.07. The highest BCUT2D eigenvalue weighted by Crippen LogP contribution is 2.29. The summed E-state index contributed by atoms with van der Waals surface area (Å²) in [6.07, 6.45) is 6.74. The molecule has 1 saturated heterocycles. The Balaban J connectivity index is 1.83. The Bertz CT molecular complexity index is 190. The van der Waals surface area contributed by atoms with Crippen molar-refractivity contribution < 1.29 is 5.11 Å². The van der Waals surface area contributed by atoms with E-state index in [1.165, 1.54) is 19.3 Å². The highest BCUT2D eigenvalue weighted by molar-refractivity contribution is 4.89. The predicted molar refractivity (Wildman–Crippen MR) is 57.1 cm³/mol. The van der Waals surface area contributed by atoms with Gasteiger partial charge >= 0.3 is 0 Å². The van der Waals surface area contributed by atoms with Crippen LogP contribution in [0.25, 0.3) is 0 Å². The molecule has 0 radical (unpaired) electrons. The molecule has 1 saturated carbocycles. The van der Waals surface area contributed by atoms with Crippen LogP contribution in [0.3, 0.4) is 0 Å². The molecule has 3 nitrogen and oxygen atoms in total. The lowest BCUT2D eigenvalue weighted by atomic mass is 9.84. The maximum Gasteiger partial charge on any atom is 0.0774 e. The Hall–Kier alpha value is -0.120. The summed E-state index contributed by atoms with van der Waals surface area (Å²) in [4.78, 5) is 2.33. The van der Waals surface area contributed by atoms with Crippen LogP contribution >= 0.6 is 0 Å². The van der Waals surface area contributed by atoms with Gasteiger partial charge in [-0.3, -0.25) is 4.90 Å². The van der Waals surface area contributed by atoms with Gasteiger partial charge < -0.3 is 10.8 Å². The highest BCUT2D eigenvalue weighted by atomic mass is 16.3. The second-order valence-electron chi connectivity index (χ2n) is 5.07. The Kier molecular flexibility index (Phi) is 3.10. The van der Waals surface area contributed by atoms with Gasteiger partial charge in [-0.05, 0) is 25.8 Å². The molecule has 3 N–H and O–H groups in total. The van der Waals surface area contributed by atoms with E-state index < -0.39 is 5.60 Å². The quantitative estimate of drug-likeness (QED) is 0.687. The molecule has 14 heavy (non-hydrogen) atoms. The largest absolute Gasteiger partial charge is 0.389 e. The zero-order valence-corrected chi connectivity index (χ0v) is 8.91. The minimum Gasteiger partial charge on any atom is -0.389 e. The zero-order valence-electron chi connectivity index (χ0n) is 8.91. The summed E-state index contributed by atoms with van der Waals surface area (Å²) in [7, 11) is 0. The van der Waals surface area contributed by atoms with Crippen molar-refractivity contribution in [3.05, 3.63) is 0 Å². The van der Waals surface area contributed by atoms with Crippen LogP contribution in [0.15, 0.2) is 0 Å². The molecule has 1 aliphatic heterocycles. The third-order valence-corrected chi connectivity index (χ3v) is 3.61. The number of likely N-dealkylation sites (tertiary alicyclic amines) is 1. The Morgan fingerprint density at radius 3 is 2.57 bits per heavy atom. The molecule has 0 aromatic rings. The smallest absolute Gasteiger partial charge is 0.0774 e. The number of hydrogen-bond donors (Lipinski definition) is 2. The van der Waals surface area contributed by atoms with E-state index in [1.54, 1.807) is 0 Å². The number of nitrogens with two attached hydrogens (primary N) is 1. The molecule has 1 atom stereocenters. The van der Waals surface area contributed by atoms with Gasteiger partial charge in [-0.25, -0.2) is 0 Å². The average molecular weight is 198 g/mol. The molecule has 0 aromatic heterocycles. The number of hydrogen-bond acceptors (Lipinski definition) is 3. The first-order valence-electron chi connectivity index (χ1n) is 5.88. The molecule has 1 heterocycles. The van der Waals surface area contributed by atoms with Gasteiger partial charge in [0.15, 0.2) is 0 Å². The van der Waals surface area contributed by atoms with E-state index in [0.717, 1.165) is 38.9 Å². The van der Waals surface area contributed by atoms with Crippen molar-refractivity contribution in [1.82, 2.24) is 4.90 Å². The SMILES string of the molecule is NC1CCN(CC2(O)CCCCC2)C1. The number of aliphatic hydroxyl groups is 1. The van der Waals surface area contributed by atoms with Crippen LogP contribution in [-0.4, -0.2) is 41.3 Å². The minimum atomic E-state index is -0.400. The van der Waals surface area contributed by atoms with Crippen molar-refractivity contribution in [3.8, 4) is 0 Å². The van der Waals surface area contributed by atoms with Crippen molar-refractivity contribution in [1.29, 1.82) is 0 Å². The van der Waals surface area contributed by atoms with E-state index in [2.05, 4.69) is 4.90 Å². The van der Waals surface area contributed by atoms with Crippen LogP contribution in [0.1, 0.15) is 38.5 Å². The molecule has 0 aromatic carbocycles. The zero-order chi connectivity index (χ0) is 10.0. The number of nitrogens with zero attached hydrogens (tertiary/aromatic N) is 1. The summed E-state index contributed by atoms with van der Waals surface area (Å²) < 4.78 is 0. The monoisotopic (exact) mass is 198 g/mol. The molecule has 0 bridgehead atoms. The van der Waals surface area contributed by atoms with E-state index in [-0.39, 0.29) is 0 Å². The lowest BCUT2D eigenvalue weighted by Gasteiger charge is -2.35. The molecule has 1 unspecified atom stereocenters. The first-order chi connectivity index (χ1) is 6.68. The number of rotatable bonds is 2. The first kappa shape index (κ1) is 10.4. The van der Waals surface area contributed by atoms with Crippen molar-refractivity contribution in [2.45, 2.75) is 50.2 Å². The van der Waals surface area contributed by atoms with Crippen LogP contribution < -0.4 is 5.73 Å². The third-order valence-electron chi connectivity index (χ3n) is 3.61. The molecule has 2 rings (SSSR count). The van der Waals surface area contributed by atoms with Gasteiger partial charge in [-0.15, -0.1) is 0 Å². The van der Waals surface area contributed by atoms with Crippen molar-refractivity contribution in [3.63, 3.8) is 0 Å². The molecular formula is C11H22N2O. The van der Waals surface area contributed by atoms with Crippen molar-refractivity contribution in [2.24, 2.45) is 5.73 Å². The average Bonchev–Trinajstić information content (AvgIpc) is 2.51. The van der Waals surface area contributed by atoms with Gasteiger partial charge in [-0.2, -0.15) is 0 Å². The molecule has 3 heteroatoms.